The number of fused-ring (bicyclic) bond motifs is 3. The fraction of sp³-hybridized carbons (Fsp3) is 0.143. The summed E-state index contributed by atoms with van der Waals surface area (Å²) in [5, 5.41) is 3.67. The average molecular weight is 276 g/mol. The Kier molecular flexibility index (Phi) is 3.62. The van der Waals surface area contributed by atoms with Gasteiger partial charge < -0.3 is 4.98 Å². The summed E-state index contributed by atoms with van der Waals surface area (Å²) in [7, 11) is 0. The Morgan fingerprint density at radius 3 is 1.69 bits per heavy atom. The Balaban J connectivity index is 0.000000292. The van der Waals surface area contributed by atoms with Crippen molar-refractivity contribution >= 4 is 37.7 Å². The molecule has 1 heterocycles. The van der Waals surface area contributed by atoms with Gasteiger partial charge in [0.05, 0.1) is 0 Å². The third kappa shape index (κ3) is 2.12. The predicted octanol–water partition coefficient (Wildman–Crippen LogP) is 4.72. The van der Waals surface area contributed by atoms with Gasteiger partial charge in [0.15, 0.2) is 0 Å². The number of aromatic amines is 1. The van der Waals surface area contributed by atoms with E-state index < -0.39 is 0 Å². The lowest BCUT2D eigenvalue weighted by molar-refractivity contribution is 1.55. The van der Waals surface area contributed by atoms with E-state index in [1.165, 1.54) is 21.8 Å². The number of benzene rings is 2. The molecular formula is C14H14BrN. The van der Waals surface area contributed by atoms with E-state index in [4.69, 9.17) is 0 Å². The van der Waals surface area contributed by atoms with E-state index in [0.29, 0.717) is 0 Å². The molecule has 1 aromatic heterocycles. The third-order valence-corrected chi connectivity index (χ3v) is 2.41. The number of nitrogens with one attached hydrogen (secondary N) is 1. The van der Waals surface area contributed by atoms with Crippen LogP contribution in [0.3, 0.4) is 0 Å². The highest BCUT2D eigenvalue weighted by molar-refractivity contribution is 9.09. The lowest BCUT2D eigenvalue weighted by atomic mass is 10.2. The number of aromatic nitrogens is 1. The van der Waals surface area contributed by atoms with Crippen molar-refractivity contribution in [2.24, 2.45) is 0 Å². The van der Waals surface area contributed by atoms with Gasteiger partial charge in [-0.2, -0.15) is 0 Å². The molecule has 2 aromatic carbocycles. The molecule has 0 aliphatic rings. The Morgan fingerprint density at radius 1 is 0.875 bits per heavy atom. The summed E-state index contributed by atoms with van der Waals surface area (Å²) >= 11 is 3.15. The minimum absolute atomic E-state index is 1.06. The van der Waals surface area contributed by atoms with Gasteiger partial charge in [-0.25, -0.2) is 0 Å². The fourth-order valence-electron chi connectivity index (χ4n) is 1.80. The van der Waals surface area contributed by atoms with Crippen molar-refractivity contribution in [3.63, 3.8) is 0 Å². The van der Waals surface area contributed by atoms with Crippen LogP contribution in [-0.2, 0) is 0 Å². The number of H-pyrrole nitrogens is 1. The van der Waals surface area contributed by atoms with Crippen LogP contribution in [0, 0.1) is 0 Å². The zero-order valence-electron chi connectivity index (χ0n) is 9.20. The van der Waals surface area contributed by atoms with Gasteiger partial charge in [-0.15, -0.1) is 0 Å². The molecule has 3 aromatic rings. The summed E-state index contributed by atoms with van der Waals surface area (Å²) < 4.78 is 0. The van der Waals surface area contributed by atoms with Gasteiger partial charge in [-0.05, 0) is 12.1 Å². The van der Waals surface area contributed by atoms with E-state index >= 15 is 0 Å². The first-order valence-electron chi connectivity index (χ1n) is 5.38. The van der Waals surface area contributed by atoms with Crippen molar-refractivity contribution in [1.29, 1.82) is 0 Å². The summed E-state index contributed by atoms with van der Waals surface area (Å²) in [5.41, 5.74) is 2.42. The summed E-state index contributed by atoms with van der Waals surface area (Å²) in [5.74, 6) is 0. The number of halogens is 1. The fourth-order valence-corrected chi connectivity index (χ4v) is 1.80. The molecule has 16 heavy (non-hydrogen) atoms. The van der Waals surface area contributed by atoms with Gasteiger partial charge in [0.25, 0.3) is 0 Å². The molecule has 0 radical (unpaired) electrons. The molecule has 1 nitrogen and oxygen atoms in total. The molecule has 0 fully saturated rings. The van der Waals surface area contributed by atoms with Crippen LogP contribution in [0.2, 0.25) is 0 Å². The molecule has 0 spiro atoms. The molecule has 0 saturated heterocycles. The highest BCUT2D eigenvalue weighted by atomic mass is 79.9. The monoisotopic (exact) mass is 275 g/mol. The van der Waals surface area contributed by atoms with Crippen LogP contribution in [0.25, 0.3) is 21.8 Å². The molecule has 0 atom stereocenters. The quantitative estimate of drug-likeness (QED) is 0.572. The van der Waals surface area contributed by atoms with Crippen molar-refractivity contribution in [3.8, 4) is 0 Å². The minimum atomic E-state index is 1.06. The number of hydrogen-bond donors (Lipinski definition) is 1. The second kappa shape index (κ2) is 5.17. The van der Waals surface area contributed by atoms with Gasteiger partial charge >= 0.3 is 0 Å². The van der Waals surface area contributed by atoms with Crippen molar-refractivity contribution in [1.82, 2.24) is 4.98 Å². The summed E-state index contributed by atoms with van der Waals surface area (Å²) in [6, 6.07) is 16.8. The number of alkyl halides is 1. The SMILES string of the molecule is CCBr.c1ccc2c(c1)[nH]c1ccccc12. The molecule has 0 amide bonds. The Bertz CT molecular complexity index is 533. The zero-order chi connectivity index (χ0) is 11.4. The maximum Gasteiger partial charge on any atom is 0.0464 e. The Hall–Kier alpha value is -1.28. The van der Waals surface area contributed by atoms with Crippen LogP contribution in [0.1, 0.15) is 6.92 Å². The highest BCUT2D eigenvalue weighted by Crippen LogP contribution is 2.24. The van der Waals surface area contributed by atoms with Gasteiger partial charge in [-0.3, -0.25) is 0 Å². The Labute approximate surface area is 104 Å². The van der Waals surface area contributed by atoms with E-state index in [0.717, 1.165) is 5.33 Å². The Morgan fingerprint density at radius 2 is 1.25 bits per heavy atom. The van der Waals surface area contributed by atoms with Crippen LogP contribution in [-0.4, -0.2) is 10.3 Å². The largest absolute Gasteiger partial charge is 0.355 e. The summed E-state index contributed by atoms with van der Waals surface area (Å²) in [6.07, 6.45) is 0. The molecule has 0 saturated carbocycles. The first kappa shape index (κ1) is 11.2. The number of hydrogen-bond acceptors (Lipinski definition) is 0. The average Bonchev–Trinajstić information content (AvgIpc) is 2.68. The normalized spacial score (nSPS) is 10.1. The first-order chi connectivity index (χ1) is 7.86. The molecule has 82 valence electrons. The lowest BCUT2D eigenvalue weighted by Gasteiger charge is -1.87. The molecule has 3 rings (SSSR count). The van der Waals surface area contributed by atoms with Gasteiger partial charge in [0.1, 0.15) is 0 Å². The topological polar surface area (TPSA) is 15.8 Å². The minimum Gasteiger partial charge on any atom is -0.355 e. The summed E-state index contributed by atoms with van der Waals surface area (Å²) in [4.78, 5) is 3.38. The maximum absolute atomic E-state index is 3.38. The van der Waals surface area contributed by atoms with E-state index in [9.17, 15) is 0 Å². The standard InChI is InChI=1S/C12H9N.C2H5Br/c1-3-7-11-9(5-1)10-6-2-4-8-12(10)13-11;1-2-3/h1-8,13H;2H2,1H3. The third-order valence-electron chi connectivity index (χ3n) is 2.41. The molecular weight excluding hydrogens is 262 g/mol. The second-order valence-electron chi connectivity index (χ2n) is 3.48. The van der Waals surface area contributed by atoms with E-state index in [2.05, 4.69) is 69.4 Å². The van der Waals surface area contributed by atoms with E-state index in [1.54, 1.807) is 0 Å². The molecule has 0 unspecified atom stereocenters. The zero-order valence-corrected chi connectivity index (χ0v) is 10.8. The molecule has 0 aliphatic carbocycles. The predicted molar refractivity (Wildman–Crippen MR) is 75.3 cm³/mol. The van der Waals surface area contributed by atoms with Crippen LogP contribution >= 0.6 is 15.9 Å². The first-order valence-corrected chi connectivity index (χ1v) is 6.50. The van der Waals surface area contributed by atoms with Crippen LogP contribution in [0.15, 0.2) is 48.5 Å². The van der Waals surface area contributed by atoms with Crippen molar-refractivity contribution in [3.05, 3.63) is 48.5 Å². The second-order valence-corrected chi connectivity index (χ2v) is 4.60. The van der Waals surface area contributed by atoms with Crippen LogP contribution in [0.5, 0.6) is 0 Å². The van der Waals surface area contributed by atoms with Crippen molar-refractivity contribution in [2.75, 3.05) is 5.33 Å². The molecule has 2 heteroatoms. The highest BCUT2D eigenvalue weighted by Gasteiger charge is 2.00. The van der Waals surface area contributed by atoms with Crippen molar-refractivity contribution < 1.29 is 0 Å². The summed E-state index contributed by atoms with van der Waals surface area (Å²) in [6.45, 7) is 2.04. The maximum atomic E-state index is 3.38. The molecule has 1 N–H and O–H groups in total. The van der Waals surface area contributed by atoms with Crippen LogP contribution < -0.4 is 0 Å². The van der Waals surface area contributed by atoms with Crippen LogP contribution in [0.4, 0.5) is 0 Å². The molecule has 0 aliphatic heterocycles. The number of rotatable bonds is 0. The smallest absolute Gasteiger partial charge is 0.0464 e. The van der Waals surface area contributed by atoms with Crippen molar-refractivity contribution in [2.45, 2.75) is 6.92 Å². The number of para-hydroxylation sites is 2. The van der Waals surface area contributed by atoms with E-state index in [-0.39, 0.29) is 0 Å². The van der Waals surface area contributed by atoms with Gasteiger partial charge in [0, 0.05) is 27.1 Å². The van der Waals surface area contributed by atoms with Gasteiger partial charge in [0.2, 0.25) is 0 Å². The molecule has 0 bridgehead atoms. The van der Waals surface area contributed by atoms with E-state index in [1.807, 2.05) is 6.92 Å². The van der Waals surface area contributed by atoms with Gasteiger partial charge in [-0.1, -0.05) is 59.3 Å². The lowest BCUT2D eigenvalue weighted by Crippen LogP contribution is -1.62.